The molecule has 3 aliphatic heterocycles. The number of nitrogens with one attached hydrogen (secondary N) is 2. The van der Waals surface area contributed by atoms with Crippen molar-refractivity contribution in [3.8, 4) is 0 Å². The molecule has 2 saturated carbocycles. The topological polar surface area (TPSA) is 122 Å². The van der Waals surface area contributed by atoms with Crippen molar-refractivity contribution in [2.75, 3.05) is 46.3 Å². The molecule has 5 N–H and O–H groups in total. The minimum atomic E-state index is -0.730. The summed E-state index contributed by atoms with van der Waals surface area (Å²) in [4.78, 5) is 24.1. The van der Waals surface area contributed by atoms with Crippen molar-refractivity contribution in [3.05, 3.63) is 11.6 Å². The Morgan fingerprint density at radius 1 is 0.684 bits per heavy atom. The zero-order chi connectivity index (χ0) is 42.2. The summed E-state index contributed by atoms with van der Waals surface area (Å²) >= 11 is 0. The second-order valence-electron chi connectivity index (χ2n) is 14.9. The van der Waals surface area contributed by atoms with Crippen LogP contribution in [0, 0.1) is 28.1 Å². The predicted octanol–water partition coefficient (Wildman–Crippen LogP) is 13.1. The first kappa shape index (κ1) is 67.3. The molecule has 57 heavy (non-hydrogen) atoms. The van der Waals surface area contributed by atoms with Crippen LogP contribution in [0.25, 0.3) is 0 Å². The lowest BCUT2D eigenvalue weighted by molar-refractivity contribution is -0.141. The fraction of sp³-hybridized carbons (Fsp3) is 0.918. The van der Waals surface area contributed by atoms with Gasteiger partial charge in [-0.3, -0.25) is 4.79 Å². The smallest absolute Gasteiger partial charge is 0.331 e. The van der Waals surface area contributed by atoms with Gasteiger partial charge in [-0.1, -0.05) is 138 Å². The lowest BCUT2D eigenvalue weighted by Gasteiger charge is -2.35. The molecule has 3 saturated heterocycles. The van der Waals surface area contributed by atoms with Gasteiger partial charge in [0.1, 0.15) is 0 Å². The van der Waals surface area contributed by atoms with Gasteiger partial charge in [0.25, 0.3) is 0 Å². The second-order valence-corrected chi connectivity index (χ2v) is 14.9. The van der Waals surface area contributed by atoms with Crippen molar-refractivity contribution < 1.29 is 24.9 Å². The fourth-order valence-corrected chi connectivity index (χ4v) is 8.98. The van der Waals surface area contributed by atoms with Crippen LogP contribution in [0.2, 0.25) is 0 Å². The molecule has 0 bridgehead atoms. The van der Waals surface area contributed by atoms with Crippen molar-refractivity contribution in [3.63, 3.8) is 0 Å². The number of carbonyl (C=O) groups is 2. The molecule has 6 unspecified atom stereocenters. The van der Waals surface area contributed by atoms with Crippen LogP contribution in [0.4, 0.5) is 0 Å². The molecule has 3 spiro atoms. The van der Waals surface area contributed by atoms with Crippen molar-refractivity contribution in [1.29, 1.82) is 0 Å². The molecule has 6 aliphatic rings. The standard InChI is InChI=1S/C12H23NO.C11H19NO2.C11H17NO2.6C2H6.3CH4/c1-10-5-7-12(11(10)14)6-3-4-8-13(2)9-12;2*13-10(14)9-3-5-11(7-9)4-1-2-6-12-8-11;6*1-2;;;/h10-11,14H,3-9H2,1-2H3;9,12H,1-8H2,(H,13,14);7,12H,1-6,8H2,(H,13,14);6*1-2H3;3*1H4. The molecule has 6 rings (SSSR count). The first-order valence-corrected chi connectivity index (χ1v) is 23.0. The van der Waals surface area contributed by atoms with E-state index in [0.29, 0.717) is 16.9 Å². The van der Waals surface area contributed by atoms with Gasteiger partial charge in [0.05, 0.1) is 12.0 Å². The summed E-state index contributed by atoms with van der Waals surface area (Å²) in [5.41, 5.74) is 1.34. The molecule has 0 aromatic carbocycles. The van der Waals surface area contributed by atoms with E-state index in [1.165, 1.54) is 70.8 Å². The lowest BCUT2D eigenvalue weighted by Crippen LogP contribution is -2.41. The second kappa shape index (κ2) is 40.0. The van der Waals surface area contributed by atoms with Crippen LogP contribution in [0.1, 0.15) is 215 Å². The van der Waals surface area contributed by atoms with Gasteiger partial charge in [0.2, 0.25) is 0 Å². The van der Waals surface area contributed by atoms with E-state index in [4.69, 9.17) is 10.2 Å². The summed E-state index contributed by atoms with van der Waals surface area (Å²) in [6.07, 6.45) is 20.2. The highest BCUT2D eigenvalue weighted by atomic mass is 16.4. The van der Waals surface area contributed by atoms with Crippen molar-refractivity contribution in [1.82, 2.24) is 15.5 Å². The Morgan fingerprint density at radius 3 is 1.68 bits per heavy atom. The van der Waals surface area contributed by atoms with Gasteiger partial charge in [0, 0.05) is 36.0 Å². The number of likely N-dealkylation sites (tertiary alicyclic amines) is 1. The summed E-state index contributed by atoms with van der Waals surface area (Å²) in [7, 11) is 2.20. The number of hydrogen-bond donors (Lipinski definition) is 5. The average molecular weight is 818 g/mol. The number of aliphatic hydroxyl groups excluding tert-OH is 1. The van der Waals surface area contributed by atoms with Crippen molar-refractivity contribution in [2.45, 2.75) is 221 Å². The molecule has 3 aliphatic carbocycles. The number of carboxylic acids is 2. The third-order valence-corrected chi connectivity index (χ3v) is 11.6. The minimum Gasteiger partial charge on any atom is -0.481 e. The SMILES string of the molecule is C.C.C.CC.CC.CC.CC.CC.CC.CC1CCC2(CCCCN(C)C2)C1O.O=C(O)C1=CC2(CCCCNC2)CC1.O=C(O)C1CCC2(CCCCNC2)C1. The third kappa shape index (κ3) is 23.8. The normalized spacial score (nSPS) is 29.3. The van der Waals surface area contributed by atoms with Gasteiger partial charge in [-0.2, -0.15) is 0 Å². The molecule has 348 valence electrons. The van der Waals surface area contributed by atoms with E-state index in [2.05, 4.69) is 29.5 Å². The number of hydrogen-bond acceptors (Lipinski definition) is 6. The van der Waals surface area contributed by atoms with E-state index in [9.17, 15) is 14.7 Å². The van der Waals surface area contributed by atoms with Crippen LogP contribution < -0.4 is 10.6 Å². The number of aliphatic hydroxyl groups is 1. The summed E-state index contributed by atoms with van der Waals surface area (Å²) in [5.74, 6) is -0.881. The van der Waals surface area contributed by atoms with Gasteiger partial charge in [-0.15, -0.1) is 0 Å². The summed E-state index contributed by atoms with van der Waals surface area (Å²) < 4.78 is 0. The summed E-state index contributed by atoms with van der Waals surface area (Å²) in [5, 5.41) is 35.0. The highest BCUT2D eigenvalue weighted by molar-refractivity contribution is 5.87. The monoisotopic (exact) mass is 818 g/mol. The molecular formula is C49H107N3O5. The quantitative estimate of drug-likeness (QED) is 0.187. The Balaban J connectivity index is -0.000000147. The van der Waals surface area contributed by atoms with Crippen LogP contribution in [-0.4, -0.2) is 84.6 Å². The van der Waals surface area contributed by atoms with E-state index in [1.54, 1.807) is 0 Å². The Morgan fingerprint density at radius 2 is 1.21 bits per heavy atom. The van der Waals surface area contributed by atoms with Gasteiger partial charge < -0.3 is 30.9 Å². The number of aliphatic carboxylic acids is 2. The molecule has 0 amide bonds. The Bertz CT molecular complexity index is 926. The minimum absolute atomic E-state index is 0. The number of carboxylic acid groups (broad SMARTS) is 2. The van der Waals surface area contributed by atoms with Crippen LogP contribution in [-0.2, 0) is 9.59 Å². The molecule has 8 heteroatoms. The van der Waals surface area contributed by atoms with E-state index >= 15 is 0 Å². The van der Waals surface area contributed by atoms with Crippen molar-refractivity contribution >= 4 is 11.9 Å². The number of nitrogens with zero attached hydrogens (tertiary/aromatic N) is 1. The largest absolute Gasteiger partial charge is 0.481 e. The molecule has 3 heterocycles. The predicted molar refractivity (Wildman–Crippen MR) is 255 cm³/mol. The maximum Gasteiger partial charge on any atom is 0.331 e. The average Bonchev–Trinajstić information content (AvgIpc) is 3.71. The zero-order valence-electron chi connectivity index (χ0n) is 38.5. The lowest BCUT2D eigenvalue weighted by atomic mass is 9.78. The summed E-state index contributed by atoms with van der Waals surface area (Å²) in [6, 6.07) is 0. The van der Waals surface area contributed by atoms with Crippen LogP contribution >= 0.6 is 0 Å². The van der Waals surface area contributed by atoms with E-state index in [1.807, 2.05) is 89.2 Å². The van der Waals surface area contributed by atoms with Gasteiger partial charge in [0.15, 0.2) is 0 Å². The van der Waals surface area contributed by atoms with Gasteiger partial charge in [-0.25, -0.2) is 4.79 Å². The molecule has 8 nitrogen and oxygen atoms in total. The zero-order valence-corrected chi connectivity index (χ0v) is 38.5. The van der Waals surface area contributed by atoms with Crippen LogP contribution in [0.3, 0.4) is 0 Å². The van der Waals surface area contributed by atoms with E-state index in [0.717, 1.165) is 71.2 Å². The third-order valence-electron chi connectivity index (χ3n) is 11.6. The van der Waals surface area contributed by atoms with Crippen LogP contribution in [0.5, 0.6) is 0 Å². The van der Waals surface area contributed by atoms with Gasteiger partial charge in [-0.05, 0) is 121 Å². The highest BCUT2D eigenvalue weighted by Crippen LogP contribution is 2.47. The Hall–Kier alpha value is -1.48. The Labute approximate surface area is 358 Å². The van der Waals surface area contributed by atoms with Crippen molar-refractivity contribution in [2.24, 2.45) is 28.1 Å². The molecule has 6 atom stereocenters. The fourth-order valence-electron chi connectivity index (χ4n) is 8.98. The summed E-state index contributed by atoms with van der Waals surface area (Å²) in [6.45, 7) is 32.7. The first-order chi connectivity index (χ1) is 26.1. The molecule has 5 fully saturated rings. The first-order valence-electron chi connectivity index (χ1n) is 23.0. The Kier molecular flexibility index (Phi) is 47.2. The van der Waals surface area contributed by atoms with Gasteiger partial charge >= 0.3 is 11.9 Å². The molecule has 0 aromatic rings. The highest BCUT2D eigenvalue weighted by Gasteiger charge is 2.46. The molecule has 0 radical (unpaired) electrons. The molecular weight excluding hydrogens is 711 g/mol. The maximum absolute atomic E-state index is 10.9. The van der Waals surface area contributed by atoms with Crippen LogP contribution in [0.15, 0.2) is 11.6 Å². The maximum atomic E-state index is 10.9. The van der Waals surface area contributed by atoms with E-state index < -0.39 is 11.9 Å². The van der Waals surface area contributed by atoms with E-state index in [-0.39, 0.29) is 45.1 Å². The molecule has 0 aromatic heterocycles. The number of rotatable bonds is 2.